The summed E-state index contributed by atoms with van der Waals surface area (Å²) < 4.78 is 11.4. The molecule has 0 aliphatic carbocycles. The second kappa shape index (κ2) is 9.77. The summed E-state index contributed by atoms with van der Waals surface area (Å²) in [4.78, 5) is 2.46. The number of hydrogen-bond acceptors (Lipinski definition) is 4. The monoisotopic (exact) mass is 292 g/mol. The van der Waals surface area contributed by atoms with Gasteiger partial charge in [0.05, 0.1) is 13.2 Å². The average Bonchev–Trinajstić information content (AvgIpc) is 3.02. The van der Waals surface area contributed by atoms with Gasteiger partial charge in [0.15, 0.2) is 0 Å². The first-order valence-electron chi connectivity index (χ1n) is 8.11. The fraction of sp³-hybridized carbons (Fsp3) is 0.647. The van der Waals surface area contributed by atoms with E-state index in [9.17, 15) is 0 Å². The number of ether oxygens (including phenoxy) is 2. The van der Waals surface area contributed by atoms with Gasteiger partial charge < -0.3 is 19.7 Å². The Hall–Kier alpha value is -1.10. The molecule has 1 aliphatic rings. The van der Waals surface area contributed by atoms with Crippen molar-refractivity contribution in [2.45, 2.75) is 26.3 Å². The van der Waals surface area contributed by atoms with Crippen LogP contribution in [0, 0.1) is 0 Å². The third kappa shape index (κ3) is 6.46. The van der Waals surface area contributed by atoms with Crippen LogP contribution in [0.1, 0.15) is 25.3 Å². The Morgan fingerprint density at radius 1 is 1.14 bits per heavy atom. The predicted octanol–water partition coefficient (Wildman–Crippen LogP) is 2.29. The van der Waals surface area contributed by atoms with Gasteiger partial charge in [-0.2, -0.15) is 0 Å². The van der Waals surface area contributed by atoms with Crippen LogP contribution in [-0.2, 0) is 11.3 Å². The molecule has 21 heavy (non-hydrogen) atoms. The van der Waals surface area contributed by atoms with Crippen molar-refractivity contribution in [3.63, 3.8) is 0 Å². The minimum absolute atomic E-state index is 0.616. The van der Waals surface area contributed by atoms with Crippen molar-refractivity contribution in [1.29, 1.82) is 0 Å². The van der Waals surface area contributed by atoms with E-state index in [0.717, 1.165) is 32.0 Å². The molecule has 1 aromatic rings. The zero-order valence-corrected chi connectivity index (χ0v) is 13.1. The van der Waals surface area contributed by atoms with E-state index in [2.05, 4.69) is 29.3 Å². The fourth-order valence-corrected chi connectivity index (χ4v) is 2.53. The molecule has 0 amide bonds. The second-order valence-corrected chi connectivity index (χ2v) is 5.44. The molecule has 4 heteroatoms. The Morgan fingerprint density at radius 2 is 2.00 bits per heavy atom. The van der Waals surface area contributed by atoms with E-state index in [4.69, 9.17) is 9.47 Å². The summed E-state index contributed by atoms with van der Waals surface area (Å²) >= 11 is 0. The maximum absolute atomic E-state index is 5.73. The molecule has 1 fully saturated rings. The predicted molar refractivity (Wildman–Crippen MR) is 85.8 cm³/mol. The van der Waals surface area contributed by atoms with Crippen LogP contribution in [0.25, 0.3) is 0 Å². The van der Waals surface area contributed by atoms with Gasteiger partial charge in [-0.15, -0.1) is 0 Å². The molecule has 1 saturated heterocycles. The maximum Gasteiger partial charge on any atom is 0.119 e. The summed E-state index contributed by atoms with van der Waals surface area (Å²) in [6.45, 7) is 9.59. The van der Waals surface area contributed by atoms with Gasteiger partial charge in [0.1, 0.15) is 12.4 Å². The molecule has 4 nitrogen and oxygen atoms in total. The Bertz CT molecular complexity index is 392. The first-order chi connectivity index (χ1) is 10.4. The number of likely N-dealkylation sites (tertiary alicyclic amines) is 1. The summed E-state index contributed by atoms with van der Waals surface area (Å²) in [5.74, 6) is 0.925. The van der Waals surface area contributed by atoms with Gasteiger partial charge in [0, 0.05) is 13.1 Å². The van der Waals surface area contributed by atoms with Gasteiger partial charge in [-0.05, 0) is 50.2 Å². The van der Waals surface area contributed by atoms with Crippen molar-refractivity contribution in [3.05, 3.63) is 29.8 Å². The molecule has 0 saturated carbocycles. The van der Waals surface area contributed by atoms with Crippen molar-refractivity contribution in [2.75, 3.05) is 46.0 Å². The van der Waals surface area contributed by atoms with Crippen molar-refractivity contribution in [3.8, 4) is 5.75 Å². The van der Waals surface area contributed by atoms with Gasteiger partial charge >= 0.3 is 0 Å². The number of rotatable bonds is 10. The molecule has 1 N–H and O–H groups in total. The summed E-state index contributed by atoms with van der Waals surface area (Å²) in [6, 6.07) is 8.24. The highest BCUT2D eigenvalue weighted by atomic mass is 16.5. The minimum Gasteiger partial charge on any atom is -0.491 e. The normalized spacial score (nSPS) is 15.5. The quantitative estimate of drug-likeness (QED) is 0.671. The molecule has 0 aromatic heterocycles. The average molecular weight is 292 g/mol. The molecular formula is C17H28N2O2. The lowest BCUT2D eigenvalue weighted by molar-refractivity contribution is 0.0846. The highest BCUT2D eigenvalue weighted by Crippen LogP contribution is 2.13. The summed E-state index contributed by atoms with van der Waals surface area (Å²) in [5.41, 5.74) is 1.25. The van der Waals surface area contributed by atoms with E-state index in [1.54, 1.807) is 0 Å². The second-order valence-electron chi connectivity index (χ2n) is 5.44. The van der Waals surface area contributed by atoms with E-state index < -0.39 is 0 Å². The van der Waals surface area contributed by atoms with Crippen LogP contribution in [0.3, 0.4) is 0 Å². The van der Waals surface area contributed by atoms with Crippen LogP contribution in [0.5, 0.6) is 5.75 Å². The summed E-state index contributed by atoms with van der Waals surface area (Å²) in [5, 5.41) is 3.32. The molecule has 0 unspecified atom stereocenters. The summed E-state index contributed by atoms with van der Waals surface area (Å²) in [6.07, 6.45) is 2.68. The molecule has 1 aliphatic heterocycles. The van der Waals surface area contributed by atoms with Crippen LogP contribution in [0.2, 0.25) is 0 Å². The van der Waals surface area contributed by atoms with Gasteiger partial charge in [-0.3, -0.25) is 0 Å². The molecule has 0 radical (unpaired) electrons. The number of hydrogen-bond donors (Lipinski definition) is 1. The zero-order chi connectivity index (χ0) is 14.8. The molecule has 2 rings (SSSR count). The van der Waals surface area contributed by atoms with Gasteiger partial charge in [-0.25, -0.2) is 0 Å². The van der Waals surface area contributed by atoms with E-state index in [0.29, 0.717) is 13.2 Å². The molecule has 0 bridgehead atoms. The van der Waals surface area contributed by atoms with Crippen molar-refractivity contribution in [2.24, 2.45) is 0 Å². The third-order valence-corrected chi connectivity index (χ3v) is 3.72. The Kier molecular flexibility index (Phi) is 7.57. The van der Waals surface area contributed by atoms with Gasteiger partial charge in [-0.1, -0.05) is 19.1 Å². The van der Waals surface area contributed by atoms with Crippen molar-refractivity contribution < 1.29 is 9.47 Å². The third-order valence-electron chi connectivity index (χ3n) is 3.72. The largest absolute Gasteiger partial charge is 0.491 e. The SMILES string of the molecule is CCNCc1cccc(OCCOCCN2CCCC2)c1. The number of benzene rings is 1. The fourth-order valence-electron chi connectivity index (χ4n) is 2.53. The van der Waals surface area contributed by atoms with Crippen LogP contribution < -0.4 is 10.1 Å². The van der Waals surface area contributed by atoms with Crippen molar-refractivity contribution >= 4 is 0 Å². The zero-order valence-electron chi connectivity index (χ0n) is 13.1. The topological polar surface area (TPSA) is 33.7 Å². The lowest BCUT2D eigenvalue weighted by Gasteiger charge is -2.14. The van der Waals surface area contributed by atoms with Crippen LogP contribution in [0.15, 0.2) is 24.3 Å². The van der Waals surface area contributed by atoms with Crippen LogP contribution in [0.4, 0.5) is 0 Å². The van der Waals surface area contributed by atoms with Crippen LogP contribution >= 0.6 is 0 Å². The summed E-state index contributed by atoms with van der Waals surface area (Å²) in [7, 11) is 0. The molecule has 1 aromatic carbocycles. The first-order valence-corrected chi connectivity index (χ1v) is 8.11. The van der Waals surface area contributed by atoms with E-state index in [1.807, 2.05) is 12.1 Å². The Labute approximate surface area is 128 Å². The van der Waals surface area contributed by atoms with Gasteiger partial charge in [0.25, 0.3) is 0 Å². The number of nitrogens with one attached hydrogen (secondary N) is 1. The lowest BCUT2D eigenvalue weighted by atomic mass is 10.2. The number of nitrogens with zero attached hydrogens (tertiary/aromatic N) is 1. The molecular weight excluding hydrogens is 264 g/mol. The molecule has 0 spiro atoms. The van der Waals surface area contributed by atoms with Crippen molar-refractivity contribution in [1.82, 2.24) is 10.2 Å². The minimum atomic E-state index is 0.616. The smallest absolute Gasteiger partial charge is 0.119 e. The highest BCUT2D eigenvalue weighted by Gasteiger charge is 2.10. The first kappa shape index (κ1) is 16.3. The molecule has 118 valence electrons. The maximum atomic E-state index is 5.73. The molecule has 0 atom stereocenters. The van der Waals surface area contributed by atoms with Crippen LogP contribution in [-0.4, -0.2) is 50.9 Å². The van der Waals surface area contributed by atoms with E-state index >= 15 is 0 Å². The van der Waals surface area contributed by atoms with Gasteiger partial charge in [0.2, 0.25) is 0 Å². The lowest BCUT2D eigenvalue weighted by Crippen LogP contribution is -2.24. The van der Waals surface area contributed by atoms with E-state index in [1.165, 1.54) is 31.5 Å². The molecule has 1 heterocycles. The Morgan fingerprint density at radius 3 is 2.81 bits per heavy atom. The highest BCUT2D eigenvalue weighted by molar-refractivity contribution is 5.28. The standard InChI is InChI=1S/C17H28N2O2/c1-2-18-15-16-6-5-7-17(14-16)21-13-12-20-11-10-19-8-3-4-9-19/h5-7,14,18H,2-4,8-13,15H2,1H3. The Balaban J connectivity index is 1.55. The van der Waals surface area contributed by atoms with E-state index in [-0.39, 0.29) is 0 Å².